The number of hydrogen-bond donors (Lipinski definition) is 2. The average molecular weight is 226 g/mol. The molecular weight excluding hydrogens is 218 g/mol. The van der Waals surface area contributed by atoms with Gasteiger partial charge in [0.1, 0.15) is 0 Å². The summed E-state index contributed by atoms with van der Waals surface area (Å²) in [5, 5.41) is 17.2. The summed E-state index contributed by atoms with van der Waals surface area (Å²) in [6, 6.07) is 0. The van der Waals surface area contributed by atoms with Crippen LogP contribution >= 0.6 is 0 Å². The van der Waals surface area contributed by atoms with Gasteiger partial charge in [0, 0.05) is 0 Å². The summed E-state index contributed by atoms with van der Waals surface area (Å²) in [6.07, 6.45) is -11.2. The normalized spacial score (nSPS) is 22.7. The molecule has 0 bridgehead atoms. The number of halogens is 6. The third-order valence-electron chi connectivity index (χ3n) is 2.05. The van der Waals surface area contributed by atoms with Crippen LogP contribution in [0.3, 0.4) is 0 Å². The van der Waals surface area contributed by atoms with E-state index >= 15 is 0 Å². The van der Waals surface area contributed by atoms with Crippen LogP contribution in [0.1, 0.15) is 13.8 Å². The summed E-state index contributed by atoms with van der Waals surface area (Å²) >= 11 is 0. The Labute approximate surface area is 75.1 Å². The average Bonchev–Trinajstić information content (AvgIpc) is 1.81. The van der Waals surface area contributed by atoms with Crippen LogP contribution in [0.15, 0.2) is 0 Å². The maximum atomic E-state index is 11.9. The van der Waals surface area contributed by atoms with Crippen LogP contribution in [0, 0.1) is 0 Å². The van der Waals surface area contributed by atoms with Crippen LogP contribution in [-0.4, -0.2) is 33.8 Å². The molecule has 0 fully saturated rings. The van der Waals surface area contributed by atoms with Gasteiger partial charge in [-0.25, -0.2) is 0 Å². The SMILES string of the molecule is C[C@](O)(C(F)(F)F)[C@@](C)(O)C(F)(F)F. The lowest BCUT2D eigenvalue weighted by Crippen LogP contribution is -2.66. The minimum atomic E-state index is -5.58. The van der Waals surface area contributed by atoms with Gasteiger partial charge in [-0.05, 0) is 13.8 Å². The summed E-state index contributed by atoms with van der Waals surface area (Å²) in [4.78, 5) is 0. The molecule has 0 saturated heterocycles. The van der Waals surface area contributed by atoms with E-state index in [-0.39, 0.29) is 13.8 Å². The molecule has 0 aromatic rings. The molecule has 0 amide bonds. The minimum Gasteiger partial charge on any atom is -0.378 e. The molecule has 0 aliphatic rings. The van der Waals surface area contributed by atoms with Crippen molar-refractivity contribution in [2.24, 2.45) is 0 Å². The fraction of sp³-hybridized carbons (Fsp3) is 1.00. The molecule has 0 aliphatic carbocycles. The molecule has 0 radical (unpaired) electrons. The van der Waals surface area contributed by atoms with Gasteiger partial charge in [-0.3, -0.25) is 0 Å². The highest BCUT2D eigenvalue weighted by molar-refractivity contribution is 5.03. The van der Waals surface area contributed by atoms with Crippen LogP contribution in [0.4, 0.5) is 26.3 Å². The smallest absolute Gasteiger partial charge is 0.378 e. The summed E-state index contributed by atoms with van der Waals surface area (Å²) in [7, 11) is 0. The highest BCUT2D eigenvalue weighted by Crippen LogP contribution is 2.46. The Morgan fingerprint density at radius 2 is 0.786 bits per heavy atom. The second kappa shape index (κ2) is 2.99. The second-order valence-corrected chi connectivity index (χ2v) is 3.14. The molecule has 2 atom stereocenters. The van der Waals surface area contributed by atoms with Crippen molar-refractivity contribution in [2.45, 2.75) is 37.4 Å². The molecule has 14 heavy (non-hydrogen) atoms. The van der Waals surface area contributed by atoms with E-state index in [0.29, 0.717) is 0 Å². The van der Waals surface area contributed by atoms with Gasteiger partial charge in [0.2, 0.25) is 0 Å². The first-order chi connectivity index (χ1) is 5.75. The predicted molar refractivity (Wildman–Crippen MR) is 33.4 cm³/mol. The largest absolute Gasteiger partial charge is 0.420 e. The molecule has 8 heteroatoms. The zero-order chi connectivity index (χ0) is 12.0. The molecule has 2 N–H and O–H groups in total. The van der Waals surface area contributed by atoms with E-state index in [1.807, 2.05) is 0 Å². The van der Waals surface area contributed by atoms with Gasteiger partial charge in [-0.2, -0.15) is 26.3 Å². The zero-order valence-corrected chi connectivity index (χ0v) is 7.16. The molecule has 0 heterocycles. The van der Waals surface area contributed by atoms with Gasteiger partial charge in [0.25, 0.3) is 0 Å². The predicted octanol–water partition coefficient (Wildman–Crippen LogP) is 1.61. The second-order valence-electron chi connectivity index (χ2n) is 3.14. The molecule has 0 aromatic carbocycles. The first kappa shape index (κ1) is 13.5. The maximum absolute atomic E-state index is 11.9. The molecule has 0 spiro atoms. The molecule has 0 rings (SSSR count). The van der Waals surface area contributed by atoms with E-state index in [9.17, 15) is 26.3 Å². The van der Waals surface area contributed by atoms with Crippen LogP contribution in [0.5, 0.6) is 0 Å². The van der Waals surface area contributed by atoms with E-state index in [1.54, 1.807) is 0 Å². The van der Waals surface area contributed by atoms with Crippen LogP contribution < -0.4 is 0 Å². The Morgan fingerprint density at radius 3 is 0.857 bits per heavy atom. The van der Waals surface area contributed by atoms with Crippen molar-refractivity contribution in [3.05, 3.63) is 0 Å². The highest BCUT2D eigenvalue weighted by Gasteiger charge is 2.71. The van der Waals surface area contributed by atoms with Crippen LogP contribution in [0.25, 0.3) is 0 Å². The van der Waals surface area contributed by atoms with Crippen molar-refractivity contribution in [3.8, 4) is 0 Å². The van der Waals surface area contributed by atoms with Gasteiger partial charge >= 0.3 is 12.4 Å². The fourth-order valence-electron chi connectivity index (χ4n) is 0.552. The van der Waals surface area contributed by atoms with Crippen molar-refractivity contribution < 1.29 is 36.6 Å². The molecule has 0 aliphatic heterocycles. The van der Waals surface area contributed by atoms with E-state index in [1.165, 1.54) is 0 Å². The Balaban J connectivity index is 5.30. The molecular formula is C6H8F6O2. The standard InChI is InChI=1S/C6H8F6O2/c1-3(13,5(7,8)9)4(2,14)6(10,11)12/h13-14H,1-2H3/t3-,4-/m1/s1. The number of hydrogen-bond acceptors (Lipinski definition) is 2. The fourth-order valence-corrected chi connectivity index (χ4v) is 0.552. The number of alkyl halides is 6. The van der Waals surface area contributed by atoms with Crippen molar-refractivity contribution in [2.75, 3.05) is 0 Å². The Kier molecular flexibility index (Phi) is 2.89. The van der Waals surface area contributed by atoms with E-state index in [4.69, 9.17) is 10.2 Å². The number of aliphatic hydroxyl groups is 2. The van der Waals surface area contributed by atoms with Crippen molar-refractivity contribution in [1.29, 1.82) is 0 Å². The lowest BCUT2D eigenvalue weighted by atomic mass is 9.84. The number of rotatable bonds is 1. The lowest BCUT2D eigenvalue weighted by Gasteiger charge is -2.40. The van der Waals surface area contributed by atoms with Crippen LogP contribution in [-0.2, 0) is 0 Å². The van der Waals surface area contributed by atoms with Gasteiger partial charge in [-0.15, -0.1) is 0 Å². The summed E-state index contributed by atoms with van der Waals surface area (Å²) in [5.74, 6) is 0. The van der Waals surface area contributed by atoms with Gasteiger partial charge in [0.05, 0.1) is 0 Å². The van der Waals surface area contributed by atoms with Crippen molar-refractivity contribution in [3.63, 3.8) is 0 Å². The maximum Gasteiger partial charge on any atom is 0.420 e. The third-order valence-corrected chi connectivity index (χ3v) is 2.05. The quantitative estimate of drug-likeness (QED) is 0.667. The first-order valence-corrected chi connectivity index (χ1v) is 3.33. The zero-order valence-electron chi connectivity index (χ0n) is 7.16. The van der Waals surface area contributed by atoms with Crippen molar-refractivity contribution in [1.82, 2.24) is 0 Å². The molecule has 86 valence electrons. The minimum absolute atomic E-state index is 0.138. The Hall–Kier alpha value is -0.500. The van der Waals surface area contributed by atoms with Crippen LogP contribution in [0.2, 0.25) is 0 Å². The summed E-state index contributed by atoms with van der Waals surface area (Å²) < 4.78 is 71.7. The van der Waals surface area contributed by atoms with E-state index in [2.05, 4.69) is 0 Å². The topological polar surface area (TPSA) is 40.5 Å². The molecule has 2 nitrogen and oxygen atoms in total. The Morgan fingerprint density at radius 1 is 0.643 bits per heavy atom. The molecule has 0 saturated carbocycles. The third kappa shape index (κ3) is 1.81. The van der Waals surface area contributed by atoms with Gasteiger partial charge in [-0.1, -0.05) is 0 Å². The summed E-state index contributed by atoms with van der Waals surface area (Å²) in [6.45, 7) is -0.277. The summed E-state index contributed by atoms with van der Waals surface area (Å²) in [5.41, 5.74) is -8.50. The van der Waals surface area contributed by atoms with E-state index < -0.39 is 23.6 Å². The van der Waals surface area contributed by atoms with Crippen molar-refractivity contribution >= 4 is 0 Å². The van der Waals surface area contributed by atoms with E-state index in [0.717, 1.165) is 0 Å². The first-order valence-electron chi connectivity index (χ1n) is 3.33. The Bertz CT molecular complexity index is 189. The van der Waals surface area contributed by atoms with Gasteiger partial charge < -0.3 is 10.2 Å². The highest BCUT2D eigenvalue weighted by atomic mass is 19.4. The van der Waals surface area contributed by atoms with Gasteiger partial charge in [0.15, 0.2) is 11.2 Å². The molecule has 0 unspecified atom stereocenters. The lowest BCUT2D eigenvalue weighted by molar-refractivity contribution is -0.373. The molecule has 0 aromatic heterocycles. The monoisotopic (exact) mass is 226 g/mol.